The predicted octanol–water partition coefficient (Wildman–Crippen LogP) is 1.83. The van der Waals surface area contributed by atoms with Crippen LogP contribution in [0.25, 0.3) is 6.08 Å². The lowest BCUT2D eigenvalue weighted by Crippen LogP contribution is -2.41. The highest BCUT2D eigenvalue weighted by Crippen LogP contribution is 2.26. The van der Waals surface area contributed by atoms with Gasteiger partial charge in [-0.1, -0.05) is 19.9 Å². The number of ether oxygens (including phenoxy) is 2. The quantitative estimate of drug-likeness (QED) is 0.479. The number of esters is 1. The standard InChI is InChI=1S/C18H24N2O6/c1-12(2)8-9-19-18(24)20-16(22)11-26-17(23)7-5-13-4-6-14(21)15(10-13)25-3/h4-7,10,12,21H,8-9,11H2,1-3H3,(H2,19,20,22,24)/b7-5+. The summed E-state index contributed by atoms with van der Waals surface area (Å²) >= 11 is 0. The van der Waals surface area contributed by atoms with Crippen molar-refractivity contribution in [3.63, 3.8) is 0 Å². The van der Waals surface area contributed by atoms with Crippen LogP contribution >= 0.6 is 0 Å². The summed E-state index contributed by atoms with van der Waals surface area (Å²) in [6.07, 6.45) is 3.37. The fraction of sp³-hybridized carbons (Fsp3) is 0.389. The average molecular weight is 364 g/mol. The molecule has 142 valence electrons. The molecule has 8 heteroatoms. The van der Waals surface area contributed by atoms with Gasteiger partial charge in [-0.2, -0.15) is 0 Å². The topological polar surface area (TPSA) is 114 Å². The molecule has 0 saturated heterocycles. The Balaban J connectivity index is 2.37. The summed E-state index contributed by atoms with van der Waals surface area (Å²) < 4.78 is 9.71. The molecule has 3 amide bonds. The molecule has 1 rings (SSSR count). The van der Waals surface area contributed by atoms with Gasteiger partial charge in [0.1, 0.15) is 0 Å². The fourth-order valence-electron chi connectivity index (χ4n) is 1.83. The number of imide groups is 1. The van der Waals surface area contributed by atoms with E-state index in [-0.39, 0.29) is 11.5 Å². The summed E-state index contributed by atoms with van der Waals surface area (Å²) in [5.74, 6) is -0.779. The summed E-state index contributed by atoms with van der Waals surface area (Å²) in [6.45, 7) is 3.92. The molecule has 0 radical (unpaired) electrons. The van der Waals surface area contributed by atoms with Crippen molar-refractivity contribution < 1.29 is 29.0 Å². The fourth-order valence-corrected chi connectivity index (χ4v) is 1.83. The van der Waals surface area contributed by atoms with Gasteiger partial charge in [-0.05, 0) is 36.1 Å². The minimum Gasteiger partial charge on any atom is -0.504 e. The van der Waals surface area contributed by atoms with Crippen LogP contribution < -0.4 is 15.4 Å². The van der Waals surface area contributed by atoms with Crippen molar-refractivity contribution in [1.29, 1.82) is 0 Å². The highest BCUT2D eigenvalue weighted by Gasteiger charge is 2.09. The Labute approximate surface area is 152 Å². The zero-order valence-corrected chi connectivity index (χ0v) is 15.1. The lowest BCUT2D eigenvalue weighted by Gasteiger charge is -2.08. The van der Waals surface area contributed by atoms with Crippen molar-refractivity contribution >= 4 is 24.0 Å². The van der Waals surface area contributed by atoms with Crippen LogP contribution in [0, 0.1) is 5.92 Å². The van der Waals surface area contributed by atoms with Crippen molar-refractivity contribution in [2.75, 3.05) is 20.3 Å². The molecule has 0 spiro atoms. The minimum absolute atomic E-state index is 0.0180. The second-order valence-electron chi connectivity index (χ2n) is 5.86. The molecule has 0 unspecified atom stereocenters. The van der Waals surface area contributed by atoms with Crippen LogP contribution in [0.1, 0.15) is 25.8 Å². The summed E-state index contributed by atoms with van der Waals surface area (Å²) in [5, 5.41) is 14.1. The maximum Gasteiger partial charge on any atom is 0.331 e. The third kappa shape index (κ3) is 8.18. The Morgan fingerprint density at radius 1 is 1.27 bits per heavy atom. The molecular weight excluding hydrogens is 340 g/mol. The molecule has 0 aromatic heterocycles. The monoisotopic (exact) mass is 364 g/mol. The predicted molar refractivity (Wildman–Crippen MR) is 95.6 cm³/mol. The number of benzene rings is 1. The summed E-state index contributed by atoms with van der Waals surface area (Å²) in [6, 6.07) is 3.91. The first kappa shape index (κ1) is 21.0. The molecule has 0 saturated carbocycles. The van der Waals surface area contributed by atoms with Gasteiger partial charge in [0.2, 0.25) is 0 Å². The van der Waals surface area contributed by atoms with E-state index in [4.69, 9.17) is 9.47 Å². The zero-order valence-electron chi connectivity index (χ0n) is 15.1. The number of amides is 3. The highest BCUT2D eigenvalue weighted by atomic mass is 16.5. The molecule has 26 heavy (non-hydrogen) atoms. The number of nitrogens with one attached hydrogen (secondary N) is 2. The van der Waals surface area contributed by atoms with Crippen molar-refractivity contribution in [3.8, 4) is 11.5 Å². The second kappa shape index (κ2) is 10.8. The van der Waals surface area contributed by atoms with Gasteiger partial charge in [0.05, 0.1) is 7.11 Å². The van der Waals surface area contributed by atoms with Gasteiger partial charge in [0.15, 0.2) is 18.1 Å². The van der Waals surface area contributed by atoms with Gasteiger partial charge in [-0.15, -0.1) is 0 Å². The van der Waals surface area contributed by atoms with Crippen LogP contribution in [0.2, 0.25) is 0 Å². The van der Waals surface area contributed by atoms with E-state index in [2.05, 4.69) is 10.6 Å². The van der Waals surface area contributed by atoms with E-state index in [1.807, 2.05) is 13.8 Å². The molecule has 0 bridgehead atoms. The van der Waals surface area contributed by atoms with Crippen molar-refractivity contribution in [2.24, 2.45) is 5.92 Å². The third-order valence-corrected chi connectivity index (χ3v) is 3.22. The van der Waals surface area contributed by atoms with Gasteiger partial charge in [0.25, 0.3) is 5.91 Å². The SMILES string of the molecule is COc1cc(/C=C/C(=O)OCC(=O)NC(=O)NCCC(C)C)ccc1O. The molecule has 8 nitrogen and oxygen atoms in total. The summed E-state index contributed by atoms with van der Waals surface area (Å²) in [7, 11) is 1.41. The Morgan fingerprint density at radius 3 is 2.65 bits per heavy atom. The van der Waals surface area contributed by atoms with E-state index in [0.29, 0.717) is 18.0 Å². The Bertz CT molecular complexity index is 670. The minimum atomic E-state index is -0.743. The Hall–Kier alpha value is -3.03. The number of hydrogen-bond acceptors (Lipinski definition) is 6. The molecule has 0 heterocycles. The first-order valence-electron chi connectivity index (χ1n) is 8.11. The average Bonchev–Trinajstić information content (AvgIpc) is 2.58. The number of methoxy groups -OCH3 is 1. The molecule has 0 aliphatic rings. The van der Waals surface area contributed by atoms with E-state index in [0.717, 1.165) is 12.5 Å². The summed E-state index contributed by atoms with van der Waals surface area (Å²) in [4.78, 5) is 34.6. The lowest BCUT2D eigenvalue weighted by atomic mass is 10.1. The van der Waals surface area contributed by atoms with E-state index in [1.165, 1.54) is 25.3 Å². The van der Waals surface area contributed by atoms with Crippen LogP contribution in [-0.4, -0.2) is 43.3 Å². The number of carbonyl (C=O) groups excluding carboxylic acids is 3. The maximum atomic E-state index is 11.6. The van der Waals surface area contributed by atoms with E-state index in [1.54, 1.807) is 6.07 Å². The Morgan fingerprint density at radius 2 is 2.00 bits per heavy atom. The second-order valence-corrected chi connectivity index (χ2v) is 5.86. The number of rotatable bonds is 8. The van der Waals surface area contributed by atoms with Crippen molar-refractivity contribution in [3.05, 3.63) is 29.8 Å². The number of phenolic OH excluding ortho intramolecular Hbond substituents is 1. The number of hydrogen-bond donors (Lipinski definition) is 3. The smallest absolute Gasteiger partial charge is 0.331 e. The first-order chi connectivity index (χ1) is 12.3. The zero-order chi connectivity index (χ0) is 19.5. The molecule has 1 aromatic rings. The molecule has 0 atom stereocenters. The Kier molecular flexibility index (Phi) is 8.69. The molecule has 0 aliphatic heterocycles. The summed E-state index contributed by atoms with van der Waals surface area (Å²) in [5.41, 5.74) is 0.602. The van der Waals surface area contributed by atoms with E-state index in [9.17, 15) is 19.5 Å². The molecule has 0 fully saturated rings. The number of carbonyl (C=O) groups is 3. The molecule has 1 aromatic carbocycles. The van der Waals surface area contributed by atoms with Gasteiger partial charge >= 0.3 is 12.0 Å². The van der Waals surface area contributed by atoms with Crippen LogP contribution in [0.3, 0.4) is 0 Å². The molecule has 0 aliphatic carbocycles. The van der Waals surface area contributed by atoms with Gasteiger partial charge in [-0.25, -0.2) is 9.59 Å². The van der Waals surface area contributed by atoms with Crippen LogP contribution in [0.15, 0.2) is 24.3 Å². The third-order valence-electron chi connectivity index (χ3n) is 3.22. The highest BCUT2D eigenvalue weighted by molar-refractivity contribution is 5.96. The largest absolute Gasteiger partial charge is 0.504 e. The van der Waals surface area contributed by atoms with E-state index < -0.39 is 24.5 Å². The lowest BCUT2D eigenvalue weighted by molar-refractivity contribution is -0.143. The van der Waals surface area contributed by atoms with Crippen LogP contribution in [-0.2, 0) is 14.3 Å². The van der Waals surface area contributed by atoms with Gasteiger partial charge in [-0.3, -0.25) is 10.1 Å². The van der Waals surface area contributed by atoms with E-state index >= 15 is 0 Å². The van der Waals surface area contributed by atoms with Gasteiger partial charge in [0, 0.05) is 12.6 Å². The number of aromatic hydroxyl groups is 1. The maximum absolute atomic E-state index is 11.6. The first-order valence-corrected chi connectivity index (χ1v) is 8.11. The van der Waals surface area contributed by atoms with Crippen molar-refractivity contribution in [2.45, 2.75) is 20.3 Å². The normalized spacial score (nSPS) is 10.6. The van der Waals surface area contributed by atoms with Gasteiger partial charge < -0.3 is 19.9 Å². The van der Waals surface area contributed by atoms with Crippen LogP contribution in [0.5, 0.6) is 11.5 Å². The molecular formula is C18H24N2O6. The van der Waals surface area contributed by atoms with Crippen LogP contribution in [0.4, 0.5) is 4.79 Å². The molecule has 3 N–H and O–H groups in total. The number of urea groups is 1. The number of phenols is 1. The van der Waals surface area contributed by atoms with Crippen molar-refractivity contribution in [1.82, 2.24) is 10.6 Å².